The van der Waals surface area contributed by atoms with Gasteiger partial charge in [0.1, 0.15) is 0 Å². The summed E-state index contributed by atoms with van der Waals surface area (Å²) in [5.41, 5.74) is 0.788. The lowest BCUT2D eigenvalue weighted by Crippen LogP contribution is -2.17. The molecule has 0 saturated heterocycles. The molecule has 0 unspecified atom stereocenters. The predicted molar refractivity (Wildman–Crippen MR) is 152 cm³/mol. The van der Waals surface area contributed by atoms with Crippen molar-refractivity contribution in [3.05, 3.63) is 78.9 Å². The molecule has 38 heavy (non-hydrogen) atoms. The predicted octanol–water partition coefficient (Wildman–Crippen LogP) is 5.39. The van der Waals surface area contributed by atoms with E-state index in [0.29, 0.717) is 6.42 Å². The van der Waals surface area contributed by atoms with E-state index in [1.54, 1.807) is 18.2 Å². The van der Waals surface area contributed by atoms with E-state index in [4.69, 9.17) is 0 Å². The first-order chi connectivity index (χ1) is 18.0. The molecule has 12 heteroatoms. The second-order valence-corrected chi connectivity index (χ2v) is 14.0. The molecule has 0 saturated carbocycles. The maximum atomic E-state index is 12.8. The number of anilines is 3. The molecule has 3 aromatic carbocycles. The number of nitrogens with one attached hydrogen (secondary N) is 3. The van der Waals surface area contributed by atoms with Crippen LogP contribution in [0.3, 0.4) is 0 Å². The zero-order chi connectivity index (χ0) is 27.7. The van der Waals surface area contributed by atoms with Crippen molar-refractivity contribution in [2.45, 2.75) is 55.2 Å². The minimum atomic E-state index is -3.96. The summed E-state index contributed by atoms with van der Waals surface area (Å²) in [7, 11) is -11.2. The highest BCUT2D eigenvalue weighted by atomic mass is 32.2. The number of rotatable bonds is 15. The quantitative estimate of drug-likeness (QED) is 0.206. The summed E-state index contributed by atoms with van der Waals surface area (Å²) in [6.07, 6.45) is 5.81. The summed E-state index contributed by atoms with van der Waals surface area (Å²) in [5.74, 6) is 0.0121. The molecule has 0 amide bonds. The van der Waals surface area contributed by atoms with Gasteiger partial charge in [-0.2, -0.15) is 0 Å². The Labute approximate surface area is 225 Å². The molecule has 3 aromatic rings. The molecule has 206 valence electrons. The van der Waals surface area contributed by atoms with Crippen LogP contribution >= 0.6 is 0 Å². The summed E-state index contributed by atoms with van der Waals surface area (Å²) >= 11 is 0. The molecule has 0 atom stereocenters. The molecule has 0 aromatic heterocycles. The van der Waals surface area contributed by atoms with Crippen molar-refractivity contribution in [3.8, 4) is 0 Å². The number of sulfonamides is 3. The maximum absolute atomic E-state index is 12.8. The van der Waals surface area contributed by atoms with E-state index in [2.05, 4.69) is 21.1 Å². The Hall–Kier alpha value is -3.09. The first kappa shape index (κ1) is 29.5. The lowest BCUT2D eigenvalue weighted by atomic mass is 10.1. The van der Waals surface area contributed by atoms with Crippen molar-refractivity contribution in [1.29, 1.82) is 0 Å². The van der Waals surface area contributed by atoms with Gasteiger partial charge in [-0.25, -0.2) is 25.3 Å². The fourth-order valence-electron chi connectivity index (χ4n) is 3.64. The Morgan fingerprint density at radius 1 is 0.500 bits per heavy atom. The fourth-order valence-corrected chi connectivity index (χ4v) is 6.96. The minimum absolute atomic E-state index is 0.0121. The van der Waals surface area contributed by atoms with Crippen molar-refractivity contribution in [2.75, 3.05) is 19.9 Å². The van der Waals surface area contributed by atoms with E-state index in [-0.39, 0.29) is 32.6 Å². The van der Waals surface area contributed by atoms with Crippen molar-refractivity contribution in [2.24, 2.45) is 0 Å². The van der Waals surface area contributed by atoms with Gasteiger partial charge in [-0.3, -0.25) is 14.2 Å². The summed E-state index contributed by atoms with van der Waals surface area (Å²) in [6, 6.07) is 19.1. The van der Waals surface area contributed by atoms with Gasteiger partial charge in [0.2, 0.25) is 10.0 Å². The topological polar surface area (TPSA) is 139 Å². The standard InChI is InChI=1S/C26H33N3O6S3/c1-2-3-4-5-6-10-21-36(30,31)27-22-17-19-26(20-18-22)38(34,35)29-24-15-13-23(14-16-24)28-37(32,33)25-11-8-7-9-12-25/h7-9,11-20,27-29H,2-6,10,21H2,1H3. The lowest BCUT2D eigenvalue weighted by Gasteiger charge is -2.12. The molecule has 0 radical (unpaired) electrons. The number of unbranched alkanes of at least 4 members (excludes halogenated alkanes) is 5. The molecule has 0 aliphatic carbocycles. The van der Waals surface area contributed by atoms with Crippen molar-refractivity contribution >= 4 is 47.1 Å². The van der Waals surface area contributed by atoms with E-state index in [9.17, 15) is 25.3 Å². The van der Waals surface area contributed by atoms with E-state index in [1.807, 2.05) is 0 Å². The van der Waals surface area contributed by atoms with Crippen LogP contribution in [-0.4, -0.2) is 31.0 Å². The van der Waals surface area contributed by atoms with Gasteiger partial charge in [0.25, 0.3) is 20.0 Å². The lowest BCUT2D eigenvalue weighted by molar-refractivity contribution is 0.587. The van der Waals surface area contributed by atoms with Gasteiger partial charge in [-0.15, -0.1) is 0 Å². The SMILES string of the molecule is CCCCCCCCS(=O)(=O)Nc1ccc(S(=O)(=O)Nc2ccc(NS(=O)(=O)c3ccccc3)cc2)cc1. The van der Waals surface area contributed by atoms with Crippen LogP contribution in [0.2, 0.25) is 0 Å². The van der Waals surface area contributed by atoms with Crippen LogP contribution in [0.1, 0.15) is 45.4 Å². The van der Waals surface area contributed by atoms with Crippen LogP contribution in [-0.2, 0) is 30.1 Å². The van der Waals surface area contributed by atoms with Gasteiger partial charge in [-0.1, -0.05) is 57.2 Å². The third kappa shape index (κ3) is 9.03. The van der Waals surface area contributed by atoms with Gasteiger partial charge in [0.05, 0.1) is 15.5 Å². The third-order valence-corrected chi connectivity index (χ3v) is 9.81. The number of benzene rings is 3. The minimum Gasteiger partial charge on any atom is -0.284 e. The molecule has 0 bridgehead atoms. The van der Waals surface area contributed by atoms with Crippen molar-refractivity contribution < 1.29 is 25.3 Å². The maximum Gasteiger partial charge on any atom is 0.261 e. The van der Waals surface area contributed by atoms with Crippen LogP contribution < -0.4 is 14.2 Å². The normalized spacial score (nSPS) is 12.1. The Kier molecular flexibility index (Phi) is 10.2. The fraction of sp³-hybridized carbons (Fsp3) is 0.308. The molecule has 0 fully saturated rings. The number of hydrogen-bond acceptors (Lipinski definition) is 6. The third-order valence-electron chi connectivity index (χ3n) is 5.65. The second kappa shape index (κ2) is 13.1. The summed E-state index contributed by atoms with van der Waals surface area (Å²) < 4.78 is 82.5. The molecule has 0 aliphatic rings. The van der Waals surface area contributed by atoms with Crippen LogP contribution in [0, 0.1) is 0 Å². The zero-order valence-corrected chi connectivity index (χ0v) is 23.6. The Bertz CT molecular complexity index is 1490. The van der Waals surface area contributed by atoms with E-state index >= 15 is 0 Å². The second-order valence-electron chi connectivity index (χ2n) is 8.81. The molecule has 0 heterocycles. The highest BCUT2D eigenvalue weighted by molar-refractivity contribution is 7.93. The first-order valence-electron chi connectivity index (χ1n) is 12.3. The van der Waals surface area contributed by atoms with Crippen LogP contribution in [0.5, 0.6) is 0 Å². The van der Waals surface area contributed by atoms with Crippen molar-refractivity contribution in [1.82, 2.24) is 0 Å². The van der Waals surface area contributed by atoms with Crippen LogP contribution in [0.4, 0.5) is 17.1 Å². The molecule has 3 N–H and O–H groups in total. The smallest absolute Gasteiger partial charge is 0.261 e. The molecule has 9 nitrogen and oxygen atoms in total. The summed E-state index contributed by atoms with van der Waals surface area (Å²) in [5, 5.41) is 0. The van der Waals surface area contributed by atoms with Crippen LogP contribution in [0.15, 0.2) is 88.7 Å². The highest BCUT2D eigenvalue weighted by Crippen LogP contribution is 2.22. The summed E-state index contributed by atoms with van der Waals surface area (Å²) in [4.78, 5) is 0.0585. The molecular weight excluding hydrogens is 547 g/mol. The summed E-state index contributed by atoms with van der Waals surface area (Å²) in [6.45, 7) is 2.13. The molecule has 0 spiro atoms. The van der Waals surface area contributed by atoms with E-state index in [0.717, 1.165) is 32.1 Å². The van der Waals surface area contributed by atoms with Gasteiger partial charge in [0, 0.05) is 17.1 Å². The molecular formula is C26H33N3O6S3. The Morgan fingerprint density at radius 2 is 0.921 bits per heavy atom. The Balaban J connectivity index is 1.57. The van der Waals surface area contributed by atoms with Crippen LogP contribution in [0.25, 0.3) is 0 Å². The zero-order valence-electron chi connectivity index (χ0n) is 21.1. The molecule has 0 aliphatic heterocycles. The van der Waals surface area contributed by atoms with Gasteiger partial charge in [-0.05, 0) is 67.1 Å². The van der Waals surface area contributed by atoms with Gasteiger partial charge in [0.15, 0.2) is 0 Å². The average Bonchev–Trinajstić information content (AvgIpc) is 2.87. The monoisotopic (exact) mass is 579 g/mol. The van der Waals surface area contributed by atoms with Gasteiger partial charge < -0.3 is 0 Å². The van der Waals surface area contributed by atoms with E-state index in [1.165, 1.54) is 60.7 Å². The van der Waals surface area contributed by atoms with E-state index < -0.39 is 30.1 Å². The van der Waals surface area contributed by atoms with Gasteiger partial charge >= 0.3 is 0 Å². The average molecular weight is 580 g/mol. The largest absolute Gasteiger partial charge is 0.284 e. The van der Waals surface area contributed by atoms with Crippen molar-refractivity contribution in [3.63, 3.8) is 0 Å². The number of hydrogen-bond donors (Lipinski definition) is 3. The first-order valence-corrected chi connectivity index (χ1v) is 16.9. The molecule has 3 rings (SSSR count). The Morgan fingerprint density at radius 3 is 1.45 bits per heavy atom. The highest BCUT2D eigenvalue weighted by Gasteiger charge is 2.17.